The van der Waals surface area contributed by atoms with Crippen molar-refractivity contribution in [2.45, 2.75) is 63.3 Å². The van der Waals surface area contributed by atoms with Gasteiger partial charge in [-0.25, -0.2) is 4.79 Å². The molecule has 4 rings (SSSR count). The molecule has 1 fully saturated rings. The normalized spacial score (nSPS) is 25.9. The first-order valence-corrected chi connectivity index (χ1v) is 12.9. The molecule has 0 spiro atoms. The monoisotopic (exact) mass is 572 g/mol. The molecule has 2 heterocycles. The van der Waals surface area contributed by atoms with Crippen LogP contribution >= 0.6 is 0 Å². The van der Waals surface area contributed by atoms with Gasteiger partial charge in [0.05, 0.1) is 24.8 Å². The first kappa shape index (κ1) is 30.0. The Kier molecular flexibility index (Phi) is 8.98. The number of esters is 1. The molecular weight excluding hydrogens is 540 g/mol. The number of ketones is 2. The number of Topliss-reactive ketones (excluding diaryl/α,β-unsaturated/α-hetero) is 2. The molecule has 0 aromatic heterocycles. The summed E-state index contributed by atoms with van der Waals surface area (Å²) in [6, 6.07) is 5.65. The lowest BCUT2D eigenvalue weighted by molar-refractivity contribution is -0.240. The van der Waals surface area contributed by atoms with Gasteiger partial charge in [0.2, 0.25) is 0 Å². The average molecular weight is 573 g/mol. The van der Waals surface area contributed by atoms with Crippen molar-refractivity contribution in [3.05, 3.63) is 52.6 Å². The number of phenols is 2. The molecule has 220 valence electrons. The molecule has 0 bridgehead atoms. The van der Waals surface area contributed by atoms with E-state index in [0.717, 1.165) is 6.08 Å². The molecule has 6 unspecified atom stereocenters. The number of ether oxygens (including phenoxy) is 4. The van der Waals surface area contributed by atoms with Gasteiger partial charge in [-0.1, -0.05) is 6.07 Å². The first-order valence-electron chi connectivity index (χ1n) is 12.9. The summed E-state index contributed by atoms with van der Waals surface area (Å²) in [6.45, 7) is 2.22. The van der Waals surface area contributed by atoms with Crippen LogP contribution in [0.4, 0.5) is 0 Å². The molecule has 1 saturated heterocycles. The summed E-state index contributed by atoms with van der Waals surface area (Å²) < 4.78 is 22.4. The molecule has 0 aliphatic carbocycles. The van der Waals surface area contributed by atoms with Gasteiger partial charge in [-0.05, 0) is 49.2 Å². The standard InChI is InChI=1S/C29H32O12/c1-13-8-18(33)24(27-23(13)19(34)11-16(39-27)9-14(2)31)28-29(26(37)25(36)21(12-30)40-28)41-22(35)7-5-15-4-6-17(32)20(10-15)38-3/h4-8,10,16,21,25-26,28-30,32-33,36-37H,9,11-12H2,1-3H3. The highest BCUT2D eigenvalue weighted by Crippen LogP contribution is 2.47. The second-order valence-electron chi connectivity index (χ2n) is 10.0. The Labute approximate surface area is 235 Å². The van der Waals surface area contributed by atoms with E-state index in [2.05, 4.69) is 0 Å². The molecule has 0 radical (unpaired) electrons. The maximum Gasteiger partial charge on any atom is 0.331 e. The van der Waals surface area contributed by atoms with Gasteiger partial charge in [-0.2, -0.15) is 0 Å². The fourth-order valence-electron chi connectivity index (χ4n) is 5.07. The average Bonchev–Trinajstić information content (AvgIpc) is 2.91. The second-order valence-corrected chi connectivity index (χ2v) is 10.0. The zero-order valence-corrected chi connectivity index (χ0v) is 22.6. The third kappa shape index (κ3) is 6.20. The molecule has 12 heteroatoms. The van der Waals surface area contributed by atoms with Crippen LogP contribution in [0, 0.1) is 6.92 Å². The first-order chi connectivity index (χ1) is 19.4. The minimum absolute atomic E-state index is 0.0727. The van der Waals surface area contributed by atoms with E-state index in [-0.39, 0.29) is 52.8 Å². The van der Waals surface area contributed by atoms with Crippen molar-refractivity contribution in [1.29, 1.82) is 0 Å². The molecule has 6 atom stereocenters. The van der Waals surface area contributed by atoms with Gasteiger partial charge in [-0.15, -0.1) is 0 Å². The maximum atomic E-state index is 13.1. The predicted molar refractivity (Wildman–Crippen MR) is 142 cm³/mol. The topological polar surface area (TPSA) is 189 Å². The SMILES string of the molecule is COc1cc(C=CC(=O)OC2C(c3c(O)cc(C)c4c3OC(CC(C)=O)CC4=O)OC(CO)C(O)C2O)ccc1O. The van der Waals surface area contributed by atoms with Gasteiger partial charge in [0.25, 0.3) is 0 Å². The highest BCUT2D eigenvalue weighted by Gasteiger charge is 2.49. The number of aliphatic hydroxyl groups is 3. The number of aryl methyl sites for hydroxylation is 1. The number of hydrogen-bond donors (Lipinski definition) is 5. The van der Waals surface area contributed by atoms with Crippen molar-refractivity contribution < 1.29 is 58.9 Å². The molecule has 2 aromatic carbocycles. The lowest BCUT2D eigenvalue weighted by Gasteiger charge is -2.43. The molecule has 2 aliphatic heterocycles. The third-order valence-electron chi connectivity index (χ3n) is 7.01. The number of methoxy groups -OCH3 is 1. The van der Waals surface area contributed by atoms with Crippen LogP contribution in [0.3, 0.4) is 0 Å². The molecule has 12 nitrogen and oxygen atoms in total. The number of rotatable bonds is 8. The highest BCUT2D eigenvalue weighted by atomic mass is 16.6. The number of carbonyl (C=O) groups is 3. The van der Waals surface area contributed by atoms with Gasteiger partial charge in [0.1, 0.15) is 47.8 Å². The molecule has 0 saturated carbocycles. The number of carbonyl (C=O) groups excluding carboxylic acids is 3. The molecule has 2 aliphatic rings. The Balaban J connectivity index is 1.72. The molecule has 2 aromatic rings. The van der Waals surface area contributed by atoms with E-state index in [1.165, 1.54) is 44.4 Å². The third-order valence-corrected chi connectivity index (χ3v) is 7.01. The zero-order chi connectivity index (χ0) is 30.0. The van der Waals surface area contributed by atoms with E-state index in [1.54, 1.807) is 6.92 Å². The maximum absolute atomic E-state index is 13.1. The summed E-state index contributed by atoms with van der Waals surface area (Å²) in [4.78, 5) is 37.7. The summed E-state index contributed by atoms with van der Waals surface area (Å²) in [7, 11) is 1.37. The van der Waals surface area contributed by atoms with Crippen LogP contribution in [0.1, 0.15) is 52.9 Å². The van der Waals surface area contributed by atoms with Crippen molar-refractivity contribution in [3.63, 3.8) is 0 Å². The summed E-state index contributed by atoms with van der Waals surface area (Å²) in [5.41, 5.74) is 0.862. The Morgan fingerprint density at radius 2 is 1.85 bits per heavy atom. The quantitative estimate of drug-likeness (QED) is 0.227. The van der Waals surface area contributed by atoms with Crippen LogP contribution in [0.2, 0.25) is 0 Å². The summed E-state index contributed by atoms with van der Waals surface area (Å²) >= 11 is 0. The smallest absolute Gasteiger partial charge is 0.331 e. The van der Waals surface area contributed by atoms with Crippen LogP contribution in [0.15, 0.2) is 30.3 Å². The van der Waals surface area contributed by atoms with E-state index in [9.17, 15) is 39.9 Å². The summed E-state index contributed by atoms with van der Waals surface area (Å²) in [5.74, 6) is -1.95. The fraction of sp³-hybridized carbons (Fsp3) is 0.414. The van der Waals surface area contributed by atoms with E-state index in [4.69, 9.17) is 18.9 Å². The van der Waals surface area contributed by atoms with E-state index < -0.39 is 54.9 Å². The van der Waals surface area contributed by atoms with Gasteiger partial charge in [0, 0.05) is 18.9 Å². The van der Waals surface area contributed by atoms with E-state index in [0.29, 0.717) is 11.1 Å². The van der Waals surface area contributed by atoms with Crippen molar-refractivity contribution >= 4 is 23.6 Å². The Hall–Kier alpha value is -3.97. The van der Waals surface area contributed by atoms with Gasteiger partial charge >= 0.3 is 5.97 Å². The van der Waals surface area contributed by atoms with Crippen LogP contribution in [0.5, 0.6) is 23.0 Å². The number of aromatic hydroxyl groups is 2. The molecular formula is C29H32O12. The second kappa shape index (κ2) is 12.3. The van der Waals surface area contributed by atoms with Crippen LogP contribution < -0.4 is 9.47 Å². The Morgan fingerprint density at radius 3 is 2.51 bits per heavy atom. The molecule has 41 heavy (non-hydrogen) atoms. The largest absolute Gasteiger partial charge is 0.507 e. The Bertz CT molecular complexity index is 1370. The number of phenolic OH excluding ortho intramolecular Hbond substituents is 2. The van der Waals surface area contributed by atoms with Crippen molar-refractivity contribution in [3.8, 4) is 23.0 Å². The van der Waals surface area contributed by atoms with Crippen LogP contribution in [0.25, 0.3) is 6.08 Å². The van der Waals surface area contributed by atoms with Crippen LogP contribution in [-0.4, -0.2) is 87.3 Å². The number of aliphatic hydroxyl groups excluding tert-OH is 3. The van der Waals surface area contributed by atoms with E-state index >= 15 is 0 Å². The summed E-state index contributed by atoms with van der Waals surface area (Å²) in [6.07, 6.45) is -6.48. The number of benzene rings is 2. The lowest BCUT2D eigenvalue weighted by Crippen LogP contribution is -2.56. The number of fused-ring (bicyclic) bond motifs is 1. The van der Waals surface area contributed by atoms with Crippen molar-refractivity contribution in [2.24, 2.45) is 0 Å². The minimum atomic E-state index is -1.78. The van der Waals surface area contributed by atoms with Crippen LogP contribution in [-0.2, 0) is 19.1 Å². The molecule has 0 amide bonds. The van der Waals surface area contributed by atoms with E-state index in [1.807, 2.05) is 0 Å². The van der Waals surface area contributed by atoms with Crippen molar-refractivity contribution in [2.75, 3.05) is 13.7 Å². The summed E-state index contributed by atoms with van der Waals surface area (Å²) in [5, 5.41) is 52.1. The predicted octanol–water partition coefficient (Wildman–Crippen LogP) is 1.51. The highest BCUT2D eigenvalue weighted by molar-refractivity contribution is 6.02. The van der Waals surface area contributed by atoms with Crippen molar-refractivity contribution in [1.82, 2.24) is 0 Å². The number of hydrogen-bond acceptors (Lipinski definition) is 12. The molecule has 5 N–H and O–H groups in total. The fourth-order valence-corrected chi connectivity index (χ4v) is 5.07. The van der Waals surface area contributed by atoms with Gasteiger partial charge in [-0.3, -0.25) is 9.59 Å². The minimum Gasteiger partial charge on any atom is -0.507 e. The van der Waals surface area contributed by atoms with Gasteiger partial charge in [0.15, 0.2) is 23.4 Å². The zero-order valence-electron chi connectivity index (χ0n) is 22.6. The Morgan fingerprint density at radius 1 is 1.12 bits per heavy atom. The lowest BCUT2D eigenvalue weighted by atomic mass is 9.85. The van der Waals surface area contributed by atoms with Gasteiger partial charge < -0.3 is 44.5 Å².